The highest BCUT2D eigenvalue weighted by Gasteiger charge is 2.20. The Labute approximate surface area is 95.1 Å². The van der Waals surface area contributed by atoms with Gasteiger partial charge in [0.1, 0.15) is 18.2 Å². The van der Waals surface area contributed by atoms with Crippen molar-refractivity contribution in [2.75, 3.05) is 6.61 Å². The minimum atomic E-state index is -0.255. The minimum Gasteiger partial charge on any atom is -0.489 e. The van der Waals surface area contributed by atoms with Gasteiger partial charge in [0.05, 0.1) is 0 Å². The summed E-state index contributed by atoms with van der Waals surface area (Å²) >= 11 is 0. The number of benzene rings is 1. The normalized spacial score (nSPS) is 14.8. The zero-order chi connectivity index (χ0) is 11.4. The van der Waals surface area contributed by atoms with Crippen LogP contribution in [0.3, 0.4) is 0 Å². The van der Waals surface area contributed by atoms with Crippen LogP contribution in [0.25, 0.3) is 0 Å². The Balaban J connectivity index is 1.98. The molecule has 1 aliphatic carbocycles. The molecule has 1 aliphatic rings. The van der Waals surface area contributed by atoms with Crippen molar-refractivity contribution >= 4 is 0 Å². The molecule has 0 heterocycles. The third-order valence-electron chi connectivity index (χ3n) is 2.47. The Hall–Kier alpha value is -1.35. The van der Waals surface area contributed by atoms with E-state index in [0.29, 0.717) is 24.9 Å². The maximum absolute atomic E-state index is 13.3. The fourth-order valence-electron chi connectivity index (χ4n) is 1.51. The third-order valence-corrected chi connectivity index (χ3v) is 2.47. The van der Waals surface area contributed by atoms with Gasteiger partial charge in [0.25, 0.3) is 0 Å². The molecule has 0 amide bonds. The van der Waals surface area contributed by atoms with Crippen LogP contribution in [0.1, 0.15) is 18.4 Å². The van der Waals surface area contributed by atoms with Gasteiger partial charge in [-0.1, -0.05) is 12.7 Å². The average molecular weight is 221 g/mol. The molecule has 0 aliphatic heterocycles. The van der Waals surface area contributed by atoms with Crippen LogP contribution in [0.4, 0.5) is 4.39 Å². The van der Waals surface area contributed by atoms with E-state index in [2.05, 4.69) is 11.9 Å². The summed E-state index contributed by atoms with van der Waals surface area (Å²) in [5.74, 6) is 0.307. The monoisotopic (exact) mass is 221 g/mol. The van der Waals surface area contributed by atoms with Gasteiger partial charge < -0.3 is 10.1 Å². The van der Waals surface area contributed by atoms with Crippen molar-refractivity contribution in [3.05, 3.63) is 42.2 Å². The molecule has 1 aromatic carbocycles. The molecule has 1 saturated carbocycles. The van der Waals surface area contributed by atoms with Crippen molar-refractivity contribution in [1.29, 1.82) is 0 Å². The zero-order valence-corrected chi connectivity index (χ0v) is 9.21. The van der Waals surface area contributed by atoms with E-state index in [0.717, 1.165) is 5.56 Å². The predicted octanol–water partition coefficient (Wildman–Crippen LogP) is 2.64. The van der Waals surface area contributed by atoms with Crippen LogP contribution in [-0.2, 0) is 6.54 Å². The minimum absolute atomic E-state index is 0.255. The standard InChI is InChI=1S/C13H16FNO/c1-2-5-16-13-7-10(6-11(14)8-13)9-15-12-3-4-12/h2,6-8,12,15H,1,3-5,9H2. The van der Waals surface area contributed by atoms with E-state index in [1.54, 1.807) is 6.08 Å². The van der Waals surface area contributed by atoms with E-state index in [1.807, 2.05) is 6.07 Å². The summed E-state index contributed by atoms with van der Waals surface area (Å²) in [5, 5.41) is 3.34. The molecule has 0 radical (unpaired) electrons. The number of hydrogen-bond donors (Lipinski definition) is 1. The first-order valence-electron chi connectivity index (χ1n) is 5.54. The van der Waals surface area contributed by atoms with E-state index in [9.17, 15) is 4.39 Å². The van der Waals surface area contributed by atoms with E-state index >= 15 is 0 Å². The maximum atomic E-state index is 13.3. The average Bonchev–Trinajstić information content (AvgIpc) is 3.07. The summed E-state index contributed by atoms with van der Waals surface area (Å²) in [6.07, 6.45) is 4.11. The molecular formula is C13H16FNO. The van der Waals surface area contributed by atoms with Crippen LogP contribution in [0.5, 0.6) is 5.75 Å². The fourth-order valence-corrected chi connectivity index (χ4v) is 1.51. The Bertz CT molecular complexity index is 374. The maximum Gasteiger partial charge on any atom is 0.127 e. The second-order valence-electron chi connectivity index (χ2n) is 4.05. The molecule has 0 saturated heterocycles. The SMILES string of the molecule is C=CCOc1cc(F)cc(CNC2CC2)c1. The highest BCUT2D eigenvalue weighted by Crippen LogP contribution is 2.21. The second kappa shape index (κ2) is 5.12. The predicted molar refractivity (Wildman–Crippen MR) is 62.0 cm³/mol. The van der Waals surface area contributed by atoms with Crippen molar-refractivity contribution in [2.24, 2.45) is 0 Å². The van der Waals surface area contributed by atoms with Gasteiger partial charge in [-0.15, -0.1) is 0 Å². The van der Waals surface area contributed by atoms with Gasteiger partial charge in [-0.05, 0) is 30.5 Å². The van der Waals surface area contributed by atoms with Gasteiger partial charge in [0.15, 0.2) is 0 Å². The molecule has 86 valence electrons. The topological polar surface area (TPSA) is 21.3 Å². The van der Waals surface area contributed by atoms with Gasteiger partial charge in [-0.25, -0.2) is 4.39 Å². The van der Waals surface area contributed by atoms with Crippen LogP contribution in [0.15, 0.2) is 30.9 Å². The van der Waals surface area contributed by atoms with Crippen molar-refractivity contribution in [2.45, 2.75) is 25.4 Å². The number of hydrogen-bond acceptors (Lipinski definition) is 2. The summed E-state index contributed by atoms with van der Waals surface area (Å²) in [6, 6.07) is 5.42. The van der Waals surface area contributed by atoms with E-state index in [4.69, 9.17) is 4.74 Å². The molecule has 0 atom stereocenters. The molecule has 1 aromatic rings. The van der Waals surface area contributed by atoms with Crippen molar-refractivity contribution in [3.8, 4) is 5.75 Å². The van der Waals surface area contributed by atoms with Crippen LogP contribution in [0.2, 0.25) is 0 Å². The Kier molecular flexibility index (Phi) is 3.57. The van der Waals surface area contributed by atoms with Crippen LogP contribution < -0.4 is 10.1 Å². The van der Waals surface area contributed by atoms with E-state index in [1.165, 1.54) is 25.0 Å². The highest BCUT2D eigenvalue weighted by atomic mass is 19.1. The molecule has 1 N–H and O–H groups in total. The number of rotatable bonds is 6. The molecule has 0 unspecified atom stereocenters. The zero-order valence-electron chi connectivity index (χ0n) is 9.21. The van der Waals surface area contributed by atoms with Gasteiger partial charge in [-0.2, -0.15) is 0 Å². The van der Waals surface area contributed by atoms with Crippen molar-refractivity contribution in [3.63, 3.8) is 0 Å². The van der Waals surface area contributed by atoms with Crippen LogP contribution in [0, 0.1) is 5.82 Å². The summed E-state index contributed by atoms with van der Waals surface area (Å²) < 4.78 is 18.6. The molecule has 16 heavy (non-hydrogen) atoms. The quantitative estimate of drug-likeness (QED) is 0.746. The lowest BCUT2D eigenvalue weighted by Crippen LogP contribution is -2.15. The summed E-state index contributed by atoms with van der Waals surface area (Å²) in [7, 11) is 0. The van der Waals surface area contributed by atoms with Crippen molar-refractivity contribution in [1.82, 2.24) is 5.32 Å². The summed E-state index contributed by atoms with van der Waals surface area (Å²) in [4.78, 5) is 0. The molecular weight excluding hydrogens is 205 g/mol. The lowest BCUT2D eigenvalue weighted by atomic mass is 10.2. The first-order valence-corrected chi connectivity index (χ1v) is 5.54. The molecule has 2 nitrogen and oxygen atoms in total. The summed E-state index contributed by atoms with van der Waals surface area (Å²) in [5.41, 5.74) is 0.922. The molecule has 1 fully saturated rings. The Morgan fingerprint density at radius 1 is 1.44 bits per heavy atom. The molecule has 0 aromatic heterocycles. The van der Waals surface area contributed by atoms with Gasteiger partial charge in [-0.3, -0.25) is 0 Å². The van der Waals surface area contributed by atoms with Crippen LogP contribution >= 0.6 is 0 Å². The molecule has 0 bridgehead atoms. The first kappa shape index (κ1) is 11.1. The van der Waals surface area contributed by atoms with Gasteiger partial charge >= 0.3 is 0 Å². The third kappa shape index (κ3) is 3.35. The number of halogens is 1. The van der Waals surface area contributed by atoms with Gasteiger partial charge in [0, 0.05) is 18.7 Å². The van der Waals surface area contributed by atoms with Gasteiger partial charge in [0.2, 0.25) is 0 Å². The molecule has 3 heteroatoms. The number of nitrogens with one attached hydrogen (secondary N) is 1. The molecule has 2 rings (SSSR count). The van der Waals surface area contributed by atoms with Crippen LogP contribution in [-0.4, -0.2) is 12.6 Å². The first-order chi connectivity index (χ1) is 7.78. The van der Waals surface area contributed by atoms with Crippen molar-refractivity contribution < 1.29 is 9.13 Å². The smallest absolute Gasteiger partial charge is 0.127 e. The van der Waals surface area contributed by atoms with E-state index in [-0.39, 0.29) is 5.82 Å². The largest absolute Gasteiger partial charge is 0.489 e. The number of ether oxygens (including phenoxy) is 1. The summed E-state index contributed by atoms with van der Waals surface area (Å²) in [6.45, 7) is 4.66. The Morgan fingerprint density at radius 2 is 2.25 bits per heavy atom. The lowest BCUT2D eigenvalue weighted by Gasteiger charge is -2.07. The van der Waals surface area contributed by atoms with E-state index < -0.39 is 0 Å². The molecule has 0 spiro atoms. The lowest BCUT2D eigenvalue weighted by molar-refractivity contribution is 0.360. The second-order valence-corrected chi connectivity index (χ2v) is 4.05. The Morgan fingerprint density at radius 3 is 2.94 bits per heavy atom. The fraction of sp³-hybridized carbons (Fsp3) is 0.385. The highest BCUT2D eigenvalue weighted by molar-refractivity contribution is 5.29.